The van der Waals surface area contributed by atoms with Crippen molar-refractivity contribution < 1.29 is 0 Å². The Labute approximate surface area is 297 Å². The Morgan fingerprint density at radius 3 is 1.10 bits per heavy atom. The Morgan fingerprint density at radius 2 is 0.620 bits per heavy atom. The highest BCUT2D eigenvalue weighted by Crippen LogP contribution is 2.35. The van der Waals surface area contributed by atoms with Crippen LogP contribution in [0.3, 0.4) is 0 Å². The summed E-state index contributed by atoms with van der Waals surface area (Å²) in [6.07, 6.45) is 0. The van der Waals surface area contributed by atoms with Gasteiger partial charge in [0.25, 0.3) is 0 Å². The standard InChI is InChI=1S/C48H36Si2/c1-6-20-37(21-7-1)49(38-22-8-2-9-23-38,39-24-10-3-11-25-39)42-34-35-48-46(36-42)44-31-17-16-30-43(44)45-32-18-19-33-47(45)50(48,40-26-12-4-13-27-40)41-28-14-5-15-29-41/h1-36H. The van der Waals surface area contributed by atoms with Crippen LogP contribution in [0, 0.1) is 0 Å². The molecule has 0 bridgehead atoms. The average molecular weight is 669 g/mol. The molecule has 8 aromatic rings. The van der Waals surface area contributed by atoms with Gasteiger partial charge in [0, 0.05) is 0 Å². The summed E-state index contributed by atoms with van der Waals surface area (Å²) in [7, 11) is -5.60. The maximum atomic E-state index is 2.60. The number of rotatable bonds is 6. The molecule has 0 unspecified atom stereocenters. The molecule has 9 rings (SSSR count). The zero-order valence-electron chi connectivity index (χ0n) is 27.8. The van der Waals surface area contributed by atoms with Crippen molar-refractivity contribution >= 4 is 57.6 Å². The first-order valence-corrected chi connectivity index (χ1v) is 21.4. The van der Waals surface area contributed by atoms with E-state index in [0.29, 0.717) is 0 Å². The van der Waals surface area contributed by atoms with Gasteiger partial charge in [-0.1, -0.05) is 218 Å². The molecule has 0 spiro atoms. The second-order valence-corrected chi connectivity index (χ2v) is 20.7. The van der Waals surface area contributed by atoms with E-state index in [4.69, 9.17) is 0 Å². The maximum Gasteiger partial charge on any atom is 0.180 e. The third kappa shape index (κ3) is 4.57. The van der Waals surface area contributed by atoms with Gasteiger partial charge in [0.05, 0.1) is 0 Å². The lowest BCUT2D eigenvalue weighted by Gasteiger charge is -2.38. The van der Waals surface area contributed by atoms with Crippen molar-refractivity contribution in [1.29, 1.82) is 0 Å². The van der Waals surface area contributed by atoms with Crippen LogP contribution >= 0.6 is 0 Å². The molecule has 1 aliphatic heterocycles. The molecular formula is C48H36Si2. The number of benzene rings is 8. The van der Waals surface area contributed by atoms with Crippen LogP contribution in [0.5, 0.6) is 0 Å². The van der Waals surface area contributed by atoms with Crippen LogP contribution < -0.4 is 41.5 Å². The van der Waals surface area contributed by atoms with Crippen molar-refractivity contribution in [3.8, 4) is 22.3 Å². The Bertz CT molecular complexity index is 2270. The third-order valence-corrected chi connectivity index (χ3v) is 20.4. The predicted molar refractivity (Wildman–Crippen MR) is 218 cm³/mol. The van der Waals surface area contributed by atoms with Crippen LogP contribution in [-0.4, -0.2) is 16.1 Å². The highest BCUT2D eigenvalue weighted by atomic mass is 28.3. The van der Waals surface area contributed by atoms with Gasteiger partial charge in [-0.15, -0.1) is 0 Å². The van der Waals surface area contributed by atoms with Crippen molar-refractivity contribution in [1.82, 2.24) is 0 Å². The van der Waals surface area contributed by atoms with E-state index < -0.39 is 16.1 Å². The van der Waals surface area contributed by atoms with Gasteiger partial charge in [0.2, 0.25) is 0 Å². The summed E-state index contributed by atoms with van der Waals surface area (Å²) in [6, 6.07) is 82.5. The molecule has 0 radical (unpaired) electrons. The smallest absolute Gasteiger partial charge is 0.0623 e. The molecule has 1 aliphatic rings. The molecule has 0 amide bonds. The molecule has 0 fully saturated rings. The van der Waals surface area contributed by atoms with E-state index in [1.807, 2.05) is 0 Å². The summed E-state index contributed by atoms with van der Waals surface area (Å²) >= 11 is 0. The zero-order chi connectivity index (χ0) is 33.4. The molecule has 1 heterocycles. The first-order valence-electron chi connectivity index (χ1n) is 17.4. The Kier molecular flexibility index (Phi) is 7.61. The summed E-state index contributed by atoms with van der Waals surface area (Å²) in [5.74, 6) is 0. The second kappa shape index (κ2) is 12.6. The minimum Gasteiger partial charge on any atom is -0.0623 e. The van der Waals surface area contributed by atoms with Gasteiger partial charge in [-0.3, -0.25) is 0 Å². The van der Waals surface area contributed by atoms with Gasteiger partial charge in [-0.2, -0.15) is 0 Å². The molecule has 0 atom stereocenters. The van der Waals surface area contributed by atoms with E-state index in [9.17, 15) is 0 Å². The maximum absolute atomic E-state index is 2.83. The van der Waals surface area contributed by atoms with Crippen LogP contribution in [0.15, 0.2) is 218 Å². The molecule has 236 valence electrons. The lowest BCUT2D eigenvalue weighted by molar-refractivity contribution is 1.62. The van der Waals surface area contributed by atoms with E-state index in [0.717, 1.165) is 0 Å². The molecular weight excluding hydrogens is 633 g/mol. The van der Waals surface area contributed by atoms with Crippen molar-refractivity contribution in [2.24, 2.45) is 0 Å². The fourth-order valence-electron chi connectivity index (χ4n) is 8.70. The highest BCUT2D eigenvalue weighted by molar-refractivity contribution is 7.22. The van der Waals surface area contributed by atoms with E-state index in [1.165, 1.54) is 63.7 Å². The van der Waals surface area contributed by atoms with Gasteiger partial charge in [-0.25, -0.2) is 0 Å². The fraction of sp³-hybridized carbons (Fsp3) is 0. The van der Waals surface area contributed by atoms with Crippen molar-refractivity contribution in [2.75, 3.05) is 0 Å². The highest BCUT2D eigenvalue weighted by Gasteiger charge is 2.48. The Morgan fingerprint density at radius 1 is 0.260 bits per heavy atom. The first kappa shape index (κ1) is 30.3. The van der Waals surface area contributed by atoms with Gasteiger partial charge in [0.1, 0.15) is 0 Å². The van der Waals surface area contributed by atoms with Gasteiger partial charge in [-0.05, 0) is 63.7 Å². The monoisotopic (exact) mass is 668 g/mol. The van der Waals surface area contributed by atoms with E-state index in [-0.39, 0.29) is 0 Å². The molecule has 2 heteroatoms. The van der Waals surface area contributed by atoms with Crippen LogP contribution in [0.1, 0.15) is 0 Å². The normalized spacial score (nSPS) is 13.0. The van der Waals surface area contributed by atoms with Crippen LogP contribution in [0.25, 0.3) is 22.3 Å². The molecule has 50 heavy (non-hydrogen) atoms. The number of hydrogen-bond donors (Lipinski definition) is 0. The summed E-state index contributed by atoms with van der Waals surface area (Å²) in [5, 5.41) is 11.2. The summed E-state index contributed by atoms with van der Waals surface area (Å²) in [5.41, 5.74) is 5.27. The van der Waals surface area contributed by atoms with Crippen molar-refractivity contribution in [3.05, 3.63) is 218 Å². The topological polar surface area (TPSA) is 0 Å². The Hall–Kier alpha value is -5.81. The van der Waals surface area contributed by atoms with Crippen molar-refractivity contribution in [3.63, 3.8) is 0 Å². The van der Waals surface area contributed by atoms with Gasteiger partial charge >= 0.3 is 0 Å². The lowest BCUT2D eigenvalue weighted by Crippen LogP contribution is -2.76. The fourth-order valence-corrected chi connectivity index (χ4v) is 18.6. The summed E-state index contributed by atoms with van der Waals surface area (Å²) < 4.78 is 0. The summed E-state index contributed by atoms with van der Waals surface area (Å²) in [4.78, 5) is 0. The quantitative estimate of drug-likeness (QED) is 0.149. The molecule has 8 aromatic carbocycles. The second-order valence-electron chi connectivity index (χ2n) is 13.2. The summed E-state index contributed by atoms with van der Waals surface area (Å²) in [6.45, 7) is 0. The lowest BCUT2D eigenvalue weighted by atomic mass is 9.95. The largest absolute Gasteiger partial charge is 0.180 e. The van der Waals surface area contributed by atoms with Crippen LogP contribution in [0.2, 0.25) is 0 Å². The van der Waals surface area contributed by atoms with Gasteiger partial charge in [0.15, 0.2) is 16.1 Å². The molecule has 0 saturated heterocycles. The Balaban J connectivity index is 1.47. The van der Waals surface area contributed by atoms with Crippen molar-refractivity contribution in [2.45, 2.75) is 0 Å². The number of hydrogen-bond acceptors (Lipinski definition) is 0. The predicted octanol–water partition coefficient (Wildman–Crippen LogP) is 6.09. The first-order chi connectivity index (χ1) is 24.8. The van der Waals surface area contributed by atoms with E-state index in [1.54, 1.807) is 0 Å². The SMILES string of the molecule is c1ccc([Si](c2ccccc2)(c2ccccc2)c2ccc3c(c2)-c2ccccc2-c2ccccc2[Si]3(c2ccccc2)c2ccccc2)cc1. The molecule has 0 aliphatic carbocycles. The van der Waals surface area contributed by atoms with E-state index in [2.05, 4.69) is 218 Å². The third-order valence-electron chi connectivity index (χ3n) is 10.7. The minimum atomic E-state index is -2.83. The van der Waals surface area contributed by atoms with Crippen LogP contribution in [0.4, 0.5) is 0 Å². The molecule has 0 aromatic heterocycles. The average Bonchev–Trinajstić information content (AvgIpc) is 3.31. The van der Waals surface area contributed by atoms with Crippen LogP contribution in [-0.2, 0) is 0 Å². The molecule has 0 nitrogen and oxygen atoms in total. The minimum absolute atomic E-state index is 1.30. The molecule has 0 N–H and O–H groups in total. The number of fused-ring (bicyclic) bond motifs is 5. The zero-order valence-corrected chi connectivity index (χ0v) is 29.8. The van der Waals surface area contributed by atoms with Gasteiger partial charge < -0.3 is 0 Å². The molecule has 0 saturated carbocycles. The van der Waals surface area contributed by atoms with E-state index >= 15 is 0 Å².